The number of hydrogen-bond acceptors (Lipinski definition) is 10. The molecule has 0 spiro atoms. The maximum atomic E-state index is 13.7. The number of allylic oxidation sites excluding steroid dienone is 3. The first kappa shape index (κ1) is 30.7. The van der Waals surface area contributed by atoms with Crippen molar-refractivity contribution in [1.29, 1.82) is 0 Å². The smallest absolute Gasteiger partial charge is 0.308 e. The second-order valence-electron chi connectivity index (χ2n) is 10.7. The lowest BCUT2D eigenvalue weighted by Crippen LogP contribution is -2.41. The van der Waals surface area contributed by atoms with Crippen LogP contribution in [0.5, 0.6) is 11.5 Å². The van der Waals surface area contributed by atoms with Crippen LogP contribution in [0.2, 0.25) is 0 Å². The molecule has 224 valence electrons. The Morgan fingerprint density at radius 3 is 2.48 bits per heavy atom. The second-order valence-corrected chi connectivity index (χ2v) is 10.7. The number of esters is 1. The number of cyclic esters (lactones) is 1. The third kappa shape index (κ3) is 6.17. The summed E-state index contributed by atoms with van der Waals surface area (Å²) in [5.74, 6) is -4.10. The topological polar surface area (TPSA) is 173 Å². The monoisotopic (exact) mass is 581 g/mol. The van der Waals surface area contributed by atoms with E-state index in [2.05, 4.69) is 0 Å². The summed E-state index contributed by atoms with van der Waals surface area (Å²) < 4.78 is 5.99. The van der Waals surface area contributed by atoms with Crippen molar-refractivity contribution in [2.24, 2.45) is 5.92 Å². The van der Waals surface area contributed by atoms with Gasteiger partial charge < -0.3 is 30.0 Å². The summed E-state index contributed by atoms with van der Waals surface area (Å²) in [5.41, 5.74) is -0.858. The van der Waals surface area contributed by atoms with Crippen LogP contribution in [0.1, 0.15) is 68.4 Å². The predicted molar refractivity (Wildman–Crippen MR) is 151 cm³/mol. The molecule has 0 radical (unpaired) electrons. The predicted octanol–water partition coefficient (Wildman–Crippen LogP) is 2.57. The lowest BCUT2D eigenvalue weighted by molar-refractivity contribution is -0.155. The van der Waals surface area contributed by atoms with Crippen LogP contribution in [-0.2, 0) is 14.3 Å². The number of ketones is 2. The van der Waals surface area contributed by atoms with E-state index in [0.717, 1.165) is 10.8 Å². The summed E-state index contributed by atoms with van der Waals surface area (Å²) >= 11 is 0. The Hall–Kier alpha value is -4.22. The van der Waals surface area contributed by atoms with Crippen LogP contribution in [0.3, 0.4) is 0 Å². The van der Waals surface area contributed by atoms with Gasteiger partial charge in [0.2, 0.25) is 0 Å². The van der Waals surface area contributed by atoms with Crippen LogP contribution in [0, 0.1) is 5.92 Å². The Bertz CT molecular complexity index is 1480. The molecule has 0 aliphatic carbocycles. The van der Waals surface area contributed by atoms with Gasteiger partial charge in [-0.1, -0.05) is 36.8 Å². The molecule has 2 aliphatic heterocycles. The van der Waals surface area contributed by atoms with Crippen LogP contribution in [-0.4, -0.2) is 67.6 Å². The van der Waals surface area contributed by atoms with Gasteiger partial charge in [-0.3, -0.25) is 19.2 Å². The molecular formula is C31H35NO10. The van der Waals surface area contributed by atoms with Crippen LogP contribution >= 0.6 is 0 Å². The highest BCUT2D eigenvalue weighted by Crippen LogP contribution is 2.43. The number of fused-ring (bicyclic) bond motifs is 3. The highest BCUT2D eigenvalue weighted by atomic mass is 16.7. The molecule has 4 N–H and O–H groups in total. The highest BCUT2D eigenvalue weighted by molar-refractivity contribution is 6.08. The Morgan fingerprint density at radius 2 is 1.83 bits per heavy atom. The minimum atomic E-state index is -1.55. The van der Waals surface area contributed by atoms with E-state index in [-0.39, 0.29) is 47.9 Å². The Labute approximate surface area is 242 Å². The first-order chi connectivity index (χ1) is 20.0. The van der Waals surface area contributed by atoms with Gasteiger partial charge >= 0.3 is 5.97 Å². The Morgan fingerprint density at radius 1 is 1.14 bits per heavy atom. The lowest BCUT2D eigenvalue weighted by Gasteiger charge is -2.24. The number of phenols is 1. The van der Waals surface area contributed by atoms with Crippen molar-refractivity contribution in [2.75, 3.05) is 6.61 Å². The summed E-state index contributed by atoms with van der Waals surface area (Å²) in [6.45, 7) is 5.19. The maximum Gasteiger partial charge on any atom is 0.308 e. The van der Waals surface area contributed by atoms with Crippen molar-refractivity contribution in [3.63, 3.8) is 0 Å². The van der Waals surface area contributed by atoms with E-state index in [1.54, 1.807) is 19.9 Å². The number of aliphatic hydroxyl groups is 2. The molecule has 4 rings (SSSR count). The van der Waals surface area contributed by atoms with Crippen LogP contribution in [0.25, 0.3) is 11.1 Å². The van der Waals surface area contributed by atoms with Crippen molar-refractivity contribution < 1.29 is 44.4 Å². The number of carbonyl (C=O) groups excluding carboxylic acids is 3. The van der Waals surface area contributed by atoms with Crippen molar-refractivity contribution in [1.82, 2.24) is 4.73 Å². The number of aromatic hydroxyl groups is 2. The molecule has 2 aromatic rings. The average Bonchev–Trinajstić information content (AvgIpc) is 3.35. The molecule has 5 unspecified atom stereocenters. The number of carbonyl (C=O) groups is 3. The number of benzene rings is 1. The van der Waals surface area contributed by atoms with Gasteiger partial charge in [0.05, 0.1) is 18.2 Å². The van der Waals surface area contributed by atoms with E-state index in [1.165, 1.54) is 30.3 Å². The first-order valence-electron chi connectivity index (χ1n) is 13.9. The van der Waals surface area contributed by atoms with Gasteiger partial charge in [0.15, 0.2) is 11.9 Å². The molecular weight excluding hydrogens is 546 g/mol. The summed E-state index contributed by atoms with van der Waals surface area (Å²) in [6, 6.07) is 5.57. The van der Waals surface area contributed by atoms with Gasteiger partial charge in [-0.05, 0) is 50.5 Å². The van der Waals surface area contributed by atoms with Crippen molar-refractivity contribution in [3.05, 3.63) is 69.7 Å². The van der Waals surface area contributed by atoms with E-state index in [1.807, 2.05) is 6.92 Å². The van der Waals surface area contributed by atoms with Crippen molar-refractivity contribution in [2.45, 2.75) is 70.7 Å². The van der Waals surface area contributed by atoms with Gasteiger partial charge in [-0.25, -0.2) is 0 Å². The molecule has 3 heterocycles. The second kappa shape index (κ2) is 12.7. The molecule has 42 heavy (non-hydrogen) atoms. The highest BCUT2D eigenvalue weighted by Gasteiger charge is 2.48. The standard InChI is InChI=1S/C31H35NO10/c1-4-18(15-33)13-16(2)5-11-22(36)27-29(39)25(19-7-9-20(34)10-8-19)28-26-21(35)12-6-17(3)41-24(38)14-23(37)30(26)42-32(28)31(27)40/h5,7-11,13,17-18,23,26,30,33-34,37,39H,4,6,12,14-15H2,1-3H3. The van der Waals surface area contributed by atoms with E-state index < -0.39 is 65.1 Å². The molecule has 5 atom stereocenters. The van der Waals surface area contributed by atoms with Gasteiger partial charge in [0.25, 0.3) is 5.56 Å². The third-order valence-electron chi connectivity index (χ3n) is 7.59. The fourth-order valence-corrected chi connectivity index (χ4v) is 5.28. The number of hydrogen-bond donors (Lipinski definition) is 4. The number of nitrogens with zero attached hydrogens (tertiary/aromatic N) is 1. The summed E-state index contributed by atoms with van der Waals surface area (Å²) in [7, 11) is 0. The molecule has 0 bridgehead atoms. The molecule has 2 aliphatic rings. The normalized spacial score (nSPS) is 23.6. The van der Waals surface area contributed by atoms with E-state index in [9.17, 15) is 39.6 Å². The molecule has 0 saturated carbocycles. The van der Waals surface area contributed by atoms with Crippen LogP contribution < -0.4 is 10.4 Å². The maximum absolute atomic E-state index is 13.7. The number of aliphatic hydroxyl groups excluding tert-OH is 2. The molecule has 1 fully saturated rings. The molecule has 1 saturated heterocycles. The number of aromatic nitrogens is 1. The summed E-state index contributed by atoms with van der Waals surface area (Å²) in [4.78, 5) is 58.8. The lowest BCUT2D eigenvalue weighted by atomic mass is 9.83. The largest absolute Gasteiger partial charge is 0.508 e. The fraction of sp³-hybridized carbons (Fsp3) is 0.419. The third-order valence-corrected chi connectivity index (χ3v) is 7.59. The molecule has 11 heteroatoms. The molecule has 0 amide bonds. The minimum Gasteiger partial charge on any atom is -0.508 e. The number of Topliss-reactive ketones (excluding diaryl/α,β-unsaturated/α-hetero) is 1. The zero-order chi connectivity index (χ0) is 30.7. The van der Waals surface area contributed by atoms with E-state index >= 15 is 0 Å². The SMILES string of the molecule is CCC(C=C(C)C=CC(=O)c1c(O)c(-c2ccc(O)cc2)c2n(c1=O)OC1C(O)CC(=O)OC(C)CCC(=O)C21)CO. The number of phenolic OH excluding ortho intramolecular Hbond substituents is 1. The first-order valence-corrected chi connectivity index (χ1v) is 13.9. The molecule has 1 aromatic carbocycles. The average molecular weight is 582 g/mol. The van der Waals surface area contributed by atoms with Gasteiger partial charge in [-0.2, -0.15) is 0 Å². The fourth-order valence-electron chi connectivity index (χ4n) is 5.28. The van der Waals surface area contributed by atoms with Gasteiger partial charge in [0.1, 0.15) is 34.9 Å². The molecule has 11 nitrogen and oxygen atoms in total. The number of rotatable bonds is 7. The zero-order valence-electron chi connectivity index (χ0n) is 23.6. The quantitative estimate of drug-likeness (QED) is 0.165. The van der Waals surface area contributed by atoms with Crippen molar-refractivity contribution in [3.8, 4) is 22.6 Å². The number of pyridine rings is 1. The Kier molecular flexibility index (Phi) is 9.33. The molecule has 1 aromatic heterocycles. The van der Waals surface area contributed by atoms with Crippen molar-refractivity contribution >= 4 is 17.5 Å². The van der Waals surface area contributed by atoms with Crippen LogP contribution in [0.4, 0.5) is 0 Å². The zero-order valence-corrected chi connectivity index (χ0v) is 23.6. The summed E-state index contributed by atoms with van der Waals surface area (Å²) in [6.07, 6.45) is 1.14. The van der Waals surface area contributed by atoms with E-state index in [4.69, 9.17) is 9.57 Å². The van der Waals surface area contributed by atoms with Gasteiger partial charge in [-0.15, -0.1) is 4.73 Å². The minimum absolute atomic E-state index is 0.0503. The Balaban J connectivity index is 1.91. The van der Waals surface area contributed by atoms with E-state index in [0.29, 0.717) is 12.0 Å². The summed E-state index contributed by atoms with van der Waals surface area (Å²) in [5, 5.41) is 41.7. The number of ether oxygens (including phenoxy) is 1. The van der Waals surface area contributed by atoms with Gasteiger partial charge in [0, 0.05) is 24.5 Å². The van der Waals surface area contributed by atoms with Crippen LogP contribution in [0.15, 0.2) is 52.9 Å².